The molecule has 24 heavy (non-hydrogen) atoms. The summed E-state index contributed by atoms with van der Waals surface area (Å²) in [6.07, 6.45) is 2.61. The molecule has 1 heterocycles. The van der Waals surface area contributed by atoms with Gasteiger partial charge in [-0.15, -0.1) is 0 Å². The van der Waals surface area contributed by atoms with Crippen LogP contribution in [-0.4, -0.2) is 35.3 Å². The van der Waals surface area contributed by atoms with Gasteiger partial charge >= 0.3 is 6.61 Å². The summed E-state index contributed by atoms with van der Waals surface area (Å²) in [6, 6.07) is 6.10. The zero-order valence-corrected chi connectivity index (χ0v) is 13.3. The second kappa shape index (κ2) is 6.39. The van der Waals surface area contributed by atoms with Crippen LogP contribution in [0.3, 0.4) is 0 Å². The Morgan fingerprint density at radius 1 is 1.54 bits per heavy atom. The molecule has 1 fully saturated rings. The van der Waals surface area contributed by atoms with Gasteiger partial charge in [0.05, 0.1) is 6.61 Å². The standard InChI is InChI=1S/C17H20F2N2O3/c1-17(9-22)7-3-6-14(17)21-15(23)12-8-10-11(20-12)4-2-5-13(10)24-16(18)19/h2,4-5,8,14,16,20,22H,3,6-7,9H2,1H3,(H,21,23). The summed E-state index contributed by atoms with van der Waals surface area (Å²) in [5.74, 6) is -0.292. The maximum Gasteiger partial charge on any atom is 0.387 e. The SMILES string of the molecule is CC1(CO)CCCC1NC(=O)c1cc2c(OC(F)F)cccc2[nH]1. The Hall–Kier alpha value is -2.15. The van der Waals surface area contributed by atoms with E-state index in [-0.39, 0.29) is 35.4 Å². The van der Waals surface area contributed by atoms with Gasteiger partial charge in [-0.25, -0.2) is 0 Å². The van der Waals surface area contributed by atoms with E-state index in [9.17, 15) is 18.7 Å². The van der Waals surface area contributed by atoms with Gasteiger partial charge in [0.2, 0.25) is 0 Å². The van der Waals surface area contributed by atoms with Gasteiger partial charge in [-0.05, 0) is 31.0 Å². The van der Waals surface area contributed by atoms with Crippen LogP contribution in [0.15, 0.2) is 24.3 Å². The molecule has 3 rings (SSSR count). The van der Waals surface area contributed by atoms with E-state index in [0.717, 1.165) is 19.3 Å². The van der Waals surface area contributed by atoms with E-state index in [1.165, 1.54) is 12.1 Å². The molecule has 2 atom stereocenters. The summed E-state index contributed by atoms with van der Waals surface area (Å²) >= 11 is 0. The summed E-state index contributed by atoms with van der Waals surface area (Å²) in [6.45, 7) is -0.964. The Balaban J connectivity index is 1.83. The number of aromatic amines is 1. The largest absolute Gasteiger partial charge is 0.434 e. The molecular formula is C17H20F2N2O3. The van der Waals surface area contributed by atoms with Crippen LogP contribution in [0, 0.1) is 5.41 Å². The van der Waals surface area contributed by atoms with E-state index in [0.29, 0.717) is 10.9 Å². The molecule has 0 spiro atoms. The van der Waals surface area contributed by atoms with Crippen molar-refractivity contribution in [3.05, 3.63) is 30.0 Å². The van der Waals surface area contributed by atoms with Gasteiger partial charge in [-0.3, -0.25) is 4.79 Å². The number of alkyl halides is 2. The molecule has 0 saturated heterocycles. The predicted octanol–water partition coefficient (Wildman–Crippen LogP) is 3.05. The number of hydrogen-bond acceptors (Lipinski definition) is 3. The molecule has 2 unspecified atom stereocenters. The Morgan fingerprint density at radius 3 is 3.04 bits per heavy atom. The van der Waals surface area contributed by atoms with Gasteiger partial charge in [0.15, 0.2) is 0 Å². The number of nitrogens with one attached hydrogen (secondary N) is 2. The maximum atomic E-state index is 12.5. The number of fused-ring (bicyclic) bond motifs is 1. The molecule has 0 radical (unpaired) electrons. The summed E-state index contributed by atoms with van der Waals surface area (Å²) < 4.78 is 29.4. The highest BCUT2D eigenvalue weighted by Crippen LogP contribution is 2.37. The lowest BCUT2D eigenvalue weighted by atomic mass is 9.86. The number of amides is 1. The Bertz CT molecular complexity index is 747. The highest BCUT2D eigenvalue weighted by Gasteiger charge is 2.39. The molecule has 0 aliphatic heterocycles. The van der Waals surface area contributed by atoms with Crippen molar-refractivity contribution in [2.24, 2.45) is 5.41 Å². The van der Waals surface area contributed by atoms with Crippen LogP contribution in [0.4, 0.5) is 8.78 Å². The van der Waals surface area contributed by atoms with Crippen LogP contribution in [0.2, 0.25) is 0 Å². The van der Waals surface area contributed by atoms with Crippen molar-refractivity contribution in [1.82, 2.24) is 10.3 Å². The molecule has 1 aliphatic rings. The molecule has 1 aliphatic carbocycles. The average molecular weight is 338 g/mol. The molecule has 1 aromatic carbocycles. The van der Waals surface area contributed by atoms with Crippen LogP contribution in [0.1, 0.15) is 36.7 Å². The topological polar surface area (TPSA) is 74.3 Å². The van der Waals surface area contributed by atoms with E-state index >= 15 is 0 Å². The number of ether oxygens (including phenoxy) is 1. The summed E-state index contributed by atoms with van der Waals surface area (Å²) in [5, 5.41) is 12.9. The third-order valence-electron chi connectivity index (χ3n) is 4.83. The second-order valence-corrected chi connectivity index (χ2v) is 6.51. The van der Waals surface area contributed by atoms with Crippen molar-refractivity contribution in [3.8, 4) is 5.75 Å². The third-order valence-corrected chi connectivity index (χ3v) is 4.83. The maximum absolute atomic E-state index is 12.5. The quantitative estimate of drug-likeness (QED) is 0.784. The molecule has 7 heteroatoms. The Labute approximate surface area is 138 Å². The van der Waals surface area contributed by atoms with Crippen LogP contribution in [0.5, 0.6) is 5.75 Å². The van der Waals surface area contributed by atoms with Crippen molar-refractivity contribution in [2.75, 3.05) is 6.61 Å². The van der Waals surface area contributed by atoms with Crippen molar-refractivity contribution in [1.29, 1.82) is 0 Å². The lowest BCUT2D eigenvalue weighted by Crippen LogP contribution is -2.44. The first-order valence-corrected chi connectivity index (χ1v) is 7.91. The predicted molar refractivity (Wildman–Crippen MR) is 85.2 cm³/mol. The first kappa shape index (κ1) is 16.7. The Kier molecular flexibility index (Phi) is 4.45. The van der Waals surface area contributed by atoms with Gasteiger partial charge in [0, 0.05) is 22.4 Å². The number of aliphatic hydroxyl groups excluding tert-OH is 1. The summed E-state index contributed by atoms with van der Waals surface area (Å²) in [5.41, 5.74) is 0.503. The van der Waals surface area contributed by atoms with E-state index in [1.807, 2.05) is 6.92 Å². The van der Waals surface area contributed by atoms with E-state index in [2.05, 4.69) is 15.0 Å². The van der Waals surface area contributed by atoms with Crippen LogP contribution in [0.25, 0.3) is 10.9 Å². The van der Waals surface area contributed by atoms with Crippen LogP contribution >= 0.6 is 0 Å². The number of hydrogen-bond donors (Lipinski definition) is 3. The molecule has 5 nitrogen and oxygen atoms in total. The minimum absolute atomic E-state index is 0.0109. The zero-order valence-electron chi connectivity index (χ0n) is 13.3. The first-order chi connectivity index (χ1) is 11.4. The molecule has 1 saturated carbocycles. The lowest BCUT2D eigenvalue weighted by Gasteiger charge is -2.29. The smallest absolute Gasteiger partial charge is 0.387 e. The van der Waals surface area contributed by atoms with Gasteiger partial charge in [0.1, 0.15) is 11.4 Å². The normalized spacial score (nSPS) is 23.8. The number of benzene rings is 1. The summed E-state index contributed by atoms with van der Waals surface area (Å²) in [7, 11) is 0. The minimum Gasteiger partial charge on any atom is -0.434 e. The molecule has 1 aromatic heterocycles. The van der Waals surface area contributed by atoms with Crippen molar-refractivity contribution in [2.45, 2.75) is 38.8 Å². The first-order valence-electron chi connectivity index (χ1n) is 7.91. The third kappa shape index (κ3) is 3.08. The van der Waals surface area contributed by atoms with Gasteiger partial charge in [-0.2, -0.15) is 8.78 Å². The fourth-order valence-corrected chi connectivity index (χ4v) is 3.35. The number of aliphatic hydroxyl groups is 1. The molecule has 130 valence electrons. The number of H-pyrrole nitrogens is 1. The zero-order chi connectivity index (χ0) is 17.3. The lowest BCUT2D eigenvalue weighted by molar-refractivity contribution is -0.0487. The second-order valence-electron chi connectivity index (χ2n) is 6.51. The highest BCUT2D eigenvalue weighted by atomic mass is 19.3. The summed E-state index contributed by atoms with van der Waals surface area (Å²) in [4.78, 5) is 15.4. The Morgan fingerprint density at radius 2 is 2.33 bits per heavy atom. The fraction of sp³-hybridized carbons (Fsp3) is 0.471. The van der Waals surface area contributed by atoms with Crippen LogP contribution in [-0.2, 0) is 0 Å². The monoisotopic (exact) mass is 338 g/mol. The minimum atomic E-state index is -2.92. The molecule has 0 bridgehead atoms. The number of aromatic nitrogens is 1. The fourth-order valence-electron chi connectivity index (χ4n) is 3.35. The molecule has 3 N–H and O–H groups in total. The van der Waals surface area contributed by atoms with Crippen molar-refractivity contribution in [3.63, 3.8) is 0 Å². The number of carbonyl (C=O) groups excluding carboxylic acids is 1. The van der Waals surface area contributed by atoms with Gasteiger partial charge in [-0.1, -0.05) is 19.4 Å². The highest BCUT2D eigenvalue weighted by molar-refractivity contribution is 5.99. The number of rotatable bonds is 5. The van der Waals surface area contributed by atoms with E-state index < -0.39 is 6.61 Å². The average Bonchev–Trinajstić information content (AvgIpc) is 3.12. The van der Waals surface area contributed by atoms with Crippen molar-refractivity contribution < 1.29 is 23.4 Å². The molecular weight excluding hydrogens is 318 g/mol. The van der Waals surface area contributed by atoms with E-state index in [1.54, 1.807) is 12.1 Å². The van der Waals surface area contributed by atoms with Crippen molar-refractivity contribution >= 4 is 16.8 Å². The van der Waals surface area contributed by atoms with Crippen LogP contribution < -0.4 is 10.1 Å². The van der Waals surface area contributed by atoms with Gasteiger partial charge < -0.3 is 20.1 Å². The molecule has 2 aromatic rings. The molecule has 1 amide bonds. The number of halogens is 2. The van der Waals surface area contributed by atoms with Gasteiger partial charge in [0.25, 0.3) is 5.91 Å². The number of carbonyl (C=O) groups is 1. The van der Waals surface area contributed by atoms with E-state index in [4.69, 9.17) is 0 Å².